The van der Waals surface area contributed by atoms with Crippen LogP contribution in [-0.2, 0) is 0 Å². The summed E-state index contributed by atoms with van der Waals surface area (Å²) in [4.78, 5) is 4.33. The zero-order valence-electron chi connectivity index (χ0n) is 9.58. The second-order valence-electron chi connectivity index (χ2n) is 3.52. The Balaban J connectivity index is 2.56. The third kappa shape index (κ3) is 2.26. The number of para-hydroxylation sites is 1. The van der Waals surface area contributed by atoms with Crippen molar-refractivity contribution in [2.24, 2.45) is 4.99 Å². The predicted octanol–water partition coefficient (Wildman–Crippen LogP) is 3.88. The van der Waals surface area contributed by atoms with E-state index in [-0.39, 0.29) is 0 Å². The fourth-order valence-corrected chi connectivity index (χ4v) is 1.70. The molecule has 0 aliphatic rings. The lowest BCUT2D eigenvalue weighted by molar-refractivity contribution is 1.13. The summed E-state index contributed by atoms with van der Waals surface area (Å²) in [6.07, 6.45) is 8.92. The second-order valence-corrected chi connectivity index (χ2v) is 3.52. The van der Waals surface area contributed by atoms with E-state index in [1.165, 1.54) is 5.39 Å². The number of benzene rings is 1. The maximum Gasteiger partial charge on any atom is 0.136 e. The van der Waals surface area contributed by atoms with Crippen LogP contribution in [0.3, 0.4) is 0 Å². The van der Waals surface area contributed by atoms with Gasteiger partial charge < -0.3 is 4.57 Å². The molecule has 0 radical (unpaired) electrons. The van der Waals surface area contributed by atoms with Crippen molar-refractivity contribution in [3.63, 3.8) is 0 Å². The molecule has 2 nitrogen and oxygen atoms in total. The summed E-state index contributed by atoms with van der Waals surface area (Å²) in [6.45, 7) is 7.33. The van der Waals surface area contributed by atoms with Gasteiger partial charge in [0.05, 0.1) is 5.52 Å². The van der Waals surface area contributed by atoms with Crippen molar-refractivity contribution in [2.75, 3.05) is 0 Å². The highest BCUT2D eigenvalue weighted by Crippen LogP contribution is 2.19. The number of fused-ring (bicyclic) bond motifs is 1. The summed E-state index contributed by atoms with van der Waals surface area (Å²) >= 11 is 0. The van der Waals surface area contributed by atoms with Gasteiger partial charge in [0.2, 0.25) is 0 Å². The topological polar surface area (TPSA) is 17.3 Å². The van der Waals surface area contributed by atoms with Gasteiger partial charge in [-0.1, -0.05) is 43.5 Å². The molecule has 2 heteroatoms. The number of nitrogens with zero attached hydrogens (tertiary/aromatic N) is 2. The number of hydrogen-bond acceptors (Lipinski definition) is 1. The van der Waals surface area contributed by atoms with Crippen molar-refractivity contribution in [3.8, 4) is 0 Å². The highest BCUT2D eigenvalue weighted by molar-refractivity contribution is 5.85. The first-order valence-electron chi connectivity index (χ1n) is 5.41. The smallest absolute Gasteiger partial charge is 0.136 e. The number of aliphatic imine (C=N–C) groups is 1. The molecular formula is C15H14N2. The van der Waals surface area contributed by atoms with E-state index in [1.807, 2.05) is 29.0 Å². The largest absolute Gasteiger partial charge is 0.301 e. The Hall–Kier alpha value is -2.35. The van der Waals surface area contributed by atoms with E-state index < -0.39 is 0 Å². The molecule has 0 bridgehead atoms. The number of allylic oxidation sites excluding steroid dienone is 3. The van der Waals surface area contributed by atoms with Gasteiger partial charge in [-0.15, -0.1) is 0 Å². The number of rotatable bonds is 4. The van der Waals surface area contributed by atoms with Crippen molar-refractivity contribution in [2.45, 2.75) is 0 Å². The first-order chi connectivity index (χ1) is 8.36. The van der Waals surface area contributed by atoms with Gasteiger partial charge >= 0.3 is 0 Å². The van der Waals surface area contributed by atoms with Gasteiger partial charge in [-0.25, -0.2) is 4.99 Å². The monoisotopic (exact) mass is 222 g/mol. The SMILES string of the molecule is C=CC=N/C(=C\C=C)n1ccc2ccccc21. The first kappa shape index (κ1) is 11.1. The molecule has 0 aliphatic heterocycles. The zero-order valence-corrected chi connectivity index (χ0v) is 9.58. The van der Waals surface area contributed by atoms with E-state index in [1.54, 1.807) is 18.4 Å². The quantitative estimate of drug-likeness (QED) is 0.551. The average molecular weight is 222 g/mol. The predicted molar refractivity (Wildman–Crippen MR) is 75.1 cm³/mol. The Labute approximate surface area is 101 Å². The molecule has 1 aromatic carbocycles. The van der Waals surface area contributed by atoms with Crippen LogP contribution in [0, 0.1) is 0 Å². The lowest BCUT2D eigenvalue weighted by Crippen LogP contribution is -1.92. The minimum atomic E-state index is 0.820. The minimum Gasteiger partial charge on any atom is -0.301 e. The molecule has 2 rings (SSSR count). The zero-order chi connectivity index (χ0) is 12.1. The van der Waals surface area contributed by atoms with Crippen LogP contribution in [-0.4, -0.2) is 10.8 Å². The number of aromatic nitrogens is 1. The molecule has 0 unspecified atom stereocenters. The van der Waals surface area contributed by atoms with Gasteiger partial charge in [-0.3, -0.25) is 0 Å². The van der Waals surface area contributed by atoms with Crippen LogP contribution in [0.15, 0.2) is 72.9 Å². The van der Waals surface area contributed by atoms with Crippen LogP contribution in [0.2, 0.25) is 0 Å². The summed E-state index contributed by atoms with van der Waals surface area (Å²) in [5, 5.41) is 1.19. The van der Waals surface area contributed by atoms with Gasteiger partial charge in [-0.2, -0.15) is 0 Å². The van der Waals surface area contributed by atoms with E-state index in [2.05, 4.69) is 36.3 Å². The molecule has 17 heavy (non-hydrogen) atoms. The molecule has 1 aromatic heterocycles. The Morgan fingerprint density at radius 1 is 1.12 bits per heavy atom. The lowest BCUT2D eigenvalue weighted by atomic mass is 10.2. The summed E-state index contributed by atoms with van der Waals surface area (Å²) in [5.74, 6) is 0.820. The van der Waals surface area contributed by atoms with Crippen molar-refractivity contribution < 1.29 is 0 Å². The second kappa shape index (κ2) is 5.12. The van der Waals surface area contributed by atoms with Crippen molar-refractivity contribution in [1.82, 2.24) is 4.57 Å². The lowest BCUT2D eigenvalue weighted by Gasteiger charge is -2.04. The van der Waals surface area contributed by atoms with Gasteiger partial charge in [0.25, 0.3) is 0 Å². The molecule has 0 atom stereocenters. The molecule has 0 N–H and O–H groups in total. The van der Waals surface area contributed by atoms with E-state index in [4.69, 9.17) is 0 Å². The van der Waals surface area contributed by atoms with Gasteiger partial charge in [0.15, 0.2) is 0 Å². The Kier molecular flexibility index (Phi) is 3.36. The van der Waals surface area contributed by atoms with Crippen LogP contribution in [0.4, 0.5) is 0 Å². The average Bonchev–Trinajstić information content (AvgIpc) is 2.78. The summed E-state index contributed by atoms with van der Waals surface area (Å²) < 4.78 is 2.02. The maximum absolute atomic E-state index is 4.33. The van der Waals surface area contributed by atoms with Gasteiger partial charge in [-0.05, 0) is 23.6 Å². The van der Waals surface area contributed by atoms with Crippen LogP contribution in [0.25, 0.3) is 16.7 Å². The molecule has 0 aliphatic carbocycles. The van der Waals surface area contributed by atoms with Crippen molar-refractivity contribution in [1.29, 1.82) is 0 Å². The van der Waals surface area contributed by atoms with Crippen LogP contribution >= 0.6 is 0 Å². The highest BCUT2D eigenvalue weighted by Gasteiger charge is 2.02. The summed E-state index contributed by atoms with van der Waals surface area (Å²) in [7, 11) is 0. The number of hydrogen-bond donors (Lipinski definition) is 0. The summed E-state index contributed by atoms with van der Waals surface area (Å²) in [5.41, 5.74) is 1.13. The molecular weight excluding hydrogens is 208 g/mol. The van der Waals surface area contributed by atoms with Gasteiger partial charge in [0, 0.05) is 12.4 Å². The Morgan fingerprint density at radius 3 is 2.71 bits per heavy atom. The molecule has 84 valence electrons. The molecule has 0 saturated carbocycles. The third-order valence-corrected chi connectivity index (χ3v) is 2.43. The van der Waals surface area contributed by atoms with Crippen molar-refractivity contribution in [3.05, 3.63) is 67.9 Å². The highest BCUT2D eigenvalue weighted by atomic mass is 15.1. The normalized spacial score (nSPS) is 12.1. The van der Waals surface area contributed by atoms with Crippen LogP contribution in [0.5, 0.6) is 0 Å². The van der Waals surface area contributed by atoms with E-state index in [9.17, 15) is 0 Å². The Morgan fingerprint density at radius 2 is 1.94 bits per heavy atom. The molecule has 0 spiro atoms. The molecule has 0 amide bonds. The molecule has 0 saturated heterocycles. The van der Waals surface area contributed by atoms with E-state index in [0.717, 1.165) is 11.3 Å². The molecule has 2 aromatic rings. The van der Waals surface area contributed by atoms with Crippen LogP contribution in [0.1, 0.15) is 0 Å². The standard InChI is InChI=1S/C15H14N2/c1-3-7-15(16-11-4-2)17-12-10-13-8-5-6-9-14(13)17/h3-12H,1-2H2/b15-7+,16-11?. The van der Waals surface area contributed by atoms with E-state index >= 15 is 0 Å². The summed E-state index contributed by atoms with van der Waals surface area (Å²) in [6, 6.07) is 10.2. The third-order valence-electron chi connectivity index (χ3n) is 2.43. The van der Waals surface area contributed by atoms with E-state index in [0.29, 0.717) is 0 Å². The maximum atomic E-state index is 4.33. The fourth-order valence-electron chi connectivity index (χ4n) is 1.70. The van der Waals surface area contributed by atoms with Crippen molar-refractivity contribution >= 4 is 22.9 Å². The molecule has 1 heterocycles. The molecule has 0 fully saturated rings. The first-order valence-corrected chi connectivity index (χ1v) is 5.41. The minimum absolute atomic E-state index is 0.820. The van der Waals surface area contributed by atoms with Crippen LogP contribution < -0.4 is 0 Å². The fraction of sp³-hybridized carbons (Fsp3) is 0. The Bertz CT molecular complexity index is 600. The van der Waals surface area contributed by atoms with Gasteiger partial charge in [0.1, 0.15) is 5.82 Å².